The van der Waals surface area contributed by atoms with Crippen molar-refractivity contribution in [2.24, 2.45) is 5.14 Å². The maximum Gasteiger partial charge on any atom is 0.238 e. The first-order valence-corrected chi connectivity index (χ1v) is 10.8. The number of hydrogen-bond acceptors (Lipinski definition) is 7. The Morgan fingerprint density at radius 2 is 1.66 bits per heavy atom. The van der Waals surface area contributed by atoms with Crippen molar-refractivity contribution in [3.63, 3.8) is 0 Å². The second-order valence-corrected chi connectivity index (χ2v) is 8.31. The highest BCUT2D eigenvalue weighted by atomic mass is 32.2. The highest BCUT2D eigenvalue weighted by molar-refractivity contribution is 7.89. The molecule has 0 aliphatic heterocycles. The van der Waals surface area contributed by atoms with Crippen LogP contribution in [0, 0.1) is 0 Å². The lowest BCUT2D eigenvalue weighted by atomic mass is 10.1. The average Bonchev–Trinajstić information content (AvgIpc) is 2.67. The molecule has 0 radical (unpaired) electrons. The summed E-state index contributed by atoms with van der Waals surface area (Å²) in [6, 6.07) is 14.6. The lowest BCUT2D eigenvalue weighted by molar-refractivity contribution is 0.596. The summed E-state index contributed by atoms with van der Waals surface area (Å²) in [5.74, 6) is 1.24. The third-order valence-electron chi connectivity index (χ3n) is 4.12. The normalized spacial score (nSPS) is 11.5. The summed E-state index contributed by atoms with van der Waals surface area (Å²) in [6.45, 7) is 5.84. The van der Waals surface area contributed by atoms with E-state index in [2.05, 4.69) is 25.6 Å². The first-order valence-electron chi connectivity index (χ1n) is 9.27. The lowest BCUT2D eigenvalue weighted by Crippen LogP contribution is -2.16. The molecule has 152 valence electrons. The molecule has 4 N–H and O–H groups in total. The Hall–Kier alpha value is -3.04. The molecule has 0 spiro atoms. The van der Waals surface area contributed by atoms with E-state index in [4.69, 9.17) is 5.14 Å². The molecule has 8 nitrogen and oxygen atoms in total. The fraction of sp³-hybridized carbons (Fsp3) is 0.250. The van der Waals surface area contributed by atoms with E-state index in [1.165, 1.54) is 6.07 Å². The van der Waals surface area contributed by atoms with Gasteiger partial charge in [-0.25, -0.2) is 13.6 Å². The molecule has 29 heavy (non-hydrogen) atoms. The fourth-order valence-corrected chi connectivity index (χ4v) is 3.77. The Morgan fingerprint density at radius 3 is 2.28 bits per heavy atom. The van der Waals surface area contributed by atoms with Crippen LogP contribution in [0.1, 0.15) is 26.3 Å². The van der Waals surface area contributed by atoms with E-state index in [1.54, 1.807) is 12.1 Å². The number of benzene rings is 2. The molecule has 2 aromatic carbocycles. The minimum absolute atomic E-state index is 0.0860. The van der Waals surface area contributed by atoms with Crippen molar-refractivity contribution in [1.29, 1.82) is 0 Å². The number of sulfonamides is 1. The van der Waals surface area contributed by atoms with Crippen molar-refractivity contribution in [2.75, 3.05) is 10.6 Å². The zero-order valence-electron chi connectivity index (χ0n) is 16.5. The van der Waals surface area contributed by atoms with E-state index < -0.39 is 10.0 Å². The predicted molar refractivity (Wildman–Crippen MR) is 114 cm³/mol. The van der Waals surface area contributed by atoms with E-state index in [1.807, 2.05) is 51.1 Å². The first kappa shape index (κ1) is 20.7. The molecule has 0 bridgehead atoms. The predicted octanol–water partition coefficient (Wildman–Crippen LogP) is 3.31. The number of nitrogens with two attached hydrogens (primary N) is 1. The van der Waals surface area contributed by atoms with Gasteiger partial charge in [-0.1, -0.05) is 43.3 Å². The minimum atomic E-state index is -3.84. The van der Waals surface area contributed by atoms with Crippen LogP contribution < -0.4 is 15.8 Å². The molecular formula is C20H24N6O2S. The zero-order chi connectivity index (χ0) is 21.0. The summed E-state index contributed by atoms with van der Waals surface area (Å²) < 4.78 is 23.9. The quantitative estimate of drug-likeness (QED) is 0.544. The van der Waals surface area contributed by atoms with Crippen molar-refractivity contribution in [1.82, 2.24) is 15.0 Å². The maximum atomic E-state index is 11.9. The van der Waals surface area contributed by atoms with Crippen molar-refractivity contribution in [3.8, 4) is 11.4 Å². The Labute approximate surface area is 170 Å². The van der Waals surface area contributed by atoms with Gasteiger partial charge in [0.2, 0.25) is 21.9 Å². The first-order chi connectivity index (χ1) is 13.8. The second-order valence-electron chi connectivity index (χ2n) is 6.78. The smallest absolute Gasteiger partial charge is 0.238 e. The molecule has 0 atom stereocenters. The summed E-state index contributed by atoms with van der Waals surface area (Å²) >= 11 is 0. The van der Waals surface area contributed by atoms with Gasteiger partial charge in [0.05, 0.1) is 4.90 Å². The van der Waals surface area contributed by atoms with Crippen molar-refractivity contribution in [3.05, 3.63) is 54.1 Å². The van der Waals surface area contributed by atoms with E-state index >= 15 is 0 Å². The van der Waals surface area contributed by atoms with Gasteiger partial charge < -0.3 is 10.6 Å². The maximum absolute atomic E-state index is 11.9. The summed E-state index contributed by atoms with van der Waals surface area (Å²) in [6.07, 6.45) is 0.475. The van der Waals surface area contributed by atoms with Gasteiger partial charge in [0, 0.05) is 17.3 Å². The van der Waals surface area contributed by atoms with Crippen LogP contribution in [0.25, 0.3) is 11.4 Å². The topological polar surface area (TPSA) is 123 Å². The van der Waals surface area contributed by atoms with Crippen LogP contribution in [0.4, 0.5) is 17.6 Å². The Kier molecular flexibility index (Phi) is 6.09. The van der Waals surface area contributed by atoms with Gasteiger partial charge in [-0.05, 0) is 38.0 Å². The standard InChI is InChI=1S/C20H24N6O2S/c1-4-15-16(11-8-12-17(15)29(21,27)28)23-20-25-18(14-9-6-5-7-10-14)24-19(26-20)22-13(2)3/h5-13H,4H2,1-3H3,(H2,21,27,28)(H2,22,23,24,25,26). The number of nitrogens with zero attached hydrogens (tertiary/aromatic N) is 3. The molecule has 0 saturated heterocycles. The van der Waals surface area contributed by atoms with Crippen LogP contribution in [-0.4, -0.2) is 29.4 Å². The third kappa shape index (κ3) is 5.07. The molecule has 3 aromatic rings. The molecule has 0 unspecified atom stereocenters. The molecule has 1 aromatic heterocycles. The van der Waals surface area contributed by atoms with Crippen LogP contribution in [-0.2, 0) is 16.4 Å². The van der Waals surface area contributed by atoms with Gasteiger partial charge in [0.15, 0.2) is 5.82 Å². The van der Waals surface area contributed by atoms with Gasteiger partial charge in [-0.3, -0.25) is 0 Å². The molecule has 0 aliphatic carbocycles. The number of aromatic nitrogens is 3. The average molecular weight is 413 g/mol. The Balaban J connectivity index is 2.07. The summed E-state index contributed by atoms with van der Waals surface area (Å²) in [7, 11) is -3.84. The van der Waals surface area contributed by atoms with Gasteiger partial charge in [0.1, 0.15) is 0 Å². The van der Waals surface area contributed by atoms with Crippen LogP contribution in [0.3, 0.4) is 0 Å². The Morgan fingerprint density at radius 1 is 0.966 bits per heavy atom. The van der Waals surface area contributed by atoms with Gasteiger partial charge in [0.25, 0.3) is 0 Å². The van der Waals surface area contributed by atoms with Crippen LogP contribution in [0.15, 0.2) is 53.4 Å². The highest BCUT2D eigenvalue weighted by Crippen LogP contribution is 2.27. The van der Waals surface area contributed by atoms with E-state index in [0.29, 0.717) is 35.4 Å². The molecule has 9 heteroatoms. The highest BCUT2D eigenvalue weighted by Gasteiger charge is 2.17. The van der Waals surface area contributed by atoms with Crippen LogP contribution in [0.2, 0.25) is 0 Å². The molecule has 0 saturated carbocycles. The largest absolute Gasteiger partial charge is 0.352 e. The molecular weight excluding hydrogens is 388 g/mol. The number of anilines is 3. The zero-order valence-corrected chi connectivity index (χ0v) is 17.4. The fourth-order valence-electron chi connectivity index (χ4n) is 2.91. The summed E-state index contributed by atoms with van der Waals surface area (Å²) in [5, 5.41) is 11.7. The van der Waals surface area contributed by atoms with E-state index in [9.17, 15) is 8.42 Å². The van der Waals surface area contributed by atoms with Crippen molar-refractivity contribution in [2.45, 2.75) is 38.1 Å². The lowest BCUT2D eigenvalue weighted by Gasteiger charge is -2.15. The number of hydrogen-bond donors (Lipinski definition) is 3. The minimum Gasteiger partial charge on any atom is -0.352 e. The molecule has 1 heterocycles. The molecule has 3 rings (SSSR count). The Bertz CT molecular complexity index is 1100. The van der Waals surface area contributed by atoms with Crippen LogP contribution in [0.5, 0.6) is 0 Å². The number of rotatable bonds is 7. The van der Waals surface area contributed by atoms with Crippen molar-refractivity contribution >= 4 is 27.6 Å². The van der Waals surface area contributed by atoms with Gasteiger partial charge >= 0.3 is 0 Å². The van der Waals surface area contributed by atoms with Crippen LogP contribution >= 0.6 is 0 Å². The molecule has 0 amide bonds. The van der Waals surface area contributed by atoms with Crippen molar-refractivity contribution < 1.29 is 8.42 Å². The third-order valence-corrected chi connectivity index (χ3v) is 5.12. The van der Waals surface area contributed by atoms with Gasteiger partial charge in [-0.2, -0.15) is 15.0 Å². The SMILES string of the molecule is CCc1c(Nc2nc(NC(C)C)nc(-c3ccccc3)n2)cccc1S(N)(=O)=O. The number of nitrogens with one attached hydrogen (secondary N) is 2. The van der Waals surface area contributed by atoms with E-state index in [0.717, 1.165) is 5.56 Å². The monoisotopic (exact) mass is 412 g/mol. The molecule has 0 aliphatic rings. The second kappa shape index (κ2) is 8.54. The number of primary sulfonamides is 1. The summed E-state index contributed by atoms with van der Waals surface area (Å²) in [5.41, 5.74) is 2.01. The van der Waals surface area contributed by atoms with E-state index in [-0.39, 0.29) is 10.9 Å². The summed E-state index contributed by atoms with van der Waals surface area (Å²) in [4.78, 5) is 13.5. The molecule has 0 fully saturated rings. The van der Waals surface area contributed by atoms with Gasteiger partial charge in [-0.15, -0.1) is 0 Å².